The zero-order valence-electron chi connectivity index (χ0n) is 15.8. The Labute approximate surface area is 160 Å². The highest BCUT2D eigenvalue weighted by Gasteiger charge is 2.40. The summed E-state index contributed by atoms with van der Waals surface area (Å²) in [6, 6.07) is 16.6. The van der Waals surface area contributed by atoms with Crippen molar-refractivity contribution in [3.63, 3.8) is 0 Å². The van der Waals surface area contributed by atoms with Crippen molar-refractivity contribution in [1.29, 1.82) is 0 Å². The molecule has 0 amide bonds. The van der Waals surface area contributed by atoms with Crippen LogP contribution >= 0.6 is 0 Å². The number of piperidine rings is 1. The topological polar surface area (TPSA) is 65.5 Å². The Morgan fingerprint density at radius 1 is 1.19 bits per heavy atom. The van der Waals surface area contributed by atoms with E-state index in [1.54, 1.807) is 12.1 Å². The Kier molecular flexibility index (Phi) is 4.87. The van der Waals surface area contributed by atoms with Crippen molar-refractivity contribution in [3.8, 4) is 0 Å². The highest BCUT2D eigenvalue weighted by Crippen LogP contribution is 2.41. The van der Waals surface area contributed by atoms with Crippen LogP contribution in [0.4, 0.5) is 5.82 Å². The number of nitrogens with zero attached hydrogens (tertiary/aromatic N) is 2. The number of carbonyl (C=O) groups is 1. The lowest BCUT2D eigenvalue weighted by molar-refractivity contribution is 0.0690. The van der Waals surface area contributed by atoms with Gasteiger partial charge in [0.25, 0.3) is 0 Å². The molecule has 0 spiro atoms. The van der Waals surface area contributed by atoms with Crippen LogP contribution in [0, 0.1) is 5.41 Å². The highest BCUT2D eigenvalue weighted by atomic mass is 16.4. The first-order chi connectivity index (χ1) is 13.0. The molecule has 2 aromatic rings. The van der Waals surface area contributed by atoms with Crippen LogP contribution in [0.3, 0.4) is 0 Å². The molecule has 1 saturated heterocycles. The Morgan fingerprint density at radius 2 is 1.93 bits per heavy atom. The molecule has 4 rings (SSSR count). The van der Waals surface area contributed by atoms with Crippen molar-refractivity contribution in [2.24, 2.45) is 5.41 Å². The predicted molar refractivity (Wildman–Crippen MR) is 106 cm³/mol. The normalized spacial score (nSPS) is 23.8. The summed E-state index contributed by atoms with van der Waals surface area (Å²) in [5, 5.41) is 12.9. The fraction of sp³-hybridized carbons (Fsp3) is 0.455. The highest BCUT2D eigenvalue weighted by molar-refractivity contribution is 5.85. The molecule has 1 aliphatic carbocycles. The second-order valence-electron chi connectivity index (χ2n) is 8.22. The number of aromatic nitrogens is 1. The number of nitrogens with one attached hydrogen (secondary N) is 1. The third kappa shape index (κ3) is 4.14. The molecule has 5 nitrogen and oxygen atoms in total. The lowest BCUT2D eigenvalue weighted by atomic mass is 9.80. The smallest absolute Gasteiger partial charge is 0.354 e. The van der Waals surface area contributed by atoms with Gasteiger partial charge in [-0.15, -0.1) is 0 Å². The number of rotatable bonds is 6. The van der Waals surface area contributed by atoms with Crippen LogP contribution in [0.15, 0.2) is 48.5 Å². The maximum Gasteiger partial charge on any atom is 0.354 e. The molecular formula is C22H27N3O2. The van der Waals surface area contributed by atoms with Gasteiger partial charge >= 0.3 is 5.97 Å². The molecule has 5 heteroatoms. The van der Waals surface area contributed by atoms with Gasteiger partial charge in [-0.25, -0.2) is 9.78 Å². The predicted octanol–water partition coefficient (Wildman–Crippen LogP) is 3.53. The van der Waals surface area contributed by atoms with E-state index in [0.717, 1.165) is 38.3 Å². The molecule has 1 aliphatic heterocycles. The summed E-state index contributed by atoms with van der Waals surface area (Å²) in [4.78, 5) is 17.6. The minimum Gasteiger partial charge on any atom is -0.477 e. The summed E-state index contributed by atoms with van der Waals surface area (Å²) in [6.07, 6.45) is 3.40. The molecule has 1 aromatic heterocycles. The van der Waals surface area contributed by atoms with Gasteiger partial charge in [-0.2, -0.15) is 0 Å². The molecule has 27 heavy (non-hydrogen) atoms. The third-order valence-corrected chi connectivity index (χ3v) is 6.06. The van der Waals surface area contributed by atoms with Crippen molar-refractivity contribution in [1.82, 2.24) is 10.3 Å². The van der Waals surface area contributed by atoms with Crippen molar-refractivity contribution < 1.29 is 9.90 Å². The zero-order chi connectivity index (χ0) is 18.9. The van der Waals surface area contributed by atoms with Gasteiger partial charge in [-0.3, -0.25) is 0 Å². The fourth-order valence-corrected chi connectivity index (χ4v) is 4.04. The first-order valence-corrected chi connectivity index (χ1v) is 9.78. The van der Waals surface area contributed by atoms with E-state index < -0.39 is 5.97 Å². The summed E-state index contributed by atoms with van der Waals surface area (Å²) in [5.41, 5.74) is 1.84. The molecular weight excluding hydrogens is 338 g/mol. The van der Waals surface area contributed by atoms with Gasteiger partial charge in [0, 0.05) is 31.6 Å². The number of hydrogen-bond donors (Lipinski definition) is 2. The number of hydrogen-bond acceptors (Lipinski definition) is 4. The van der Waals surface area contributed by atoms with Gasteiger partial charge in [0.15, 0.2) is 5.69 Å². The van der Waals surface area contributed by atoms with Crippen molar-refractivity contribution in [3.05, 3.63) is 59.8 Å². The van der Waals surface area contributed by atoms with Crippen LogP contribution in [0.1, 0.15) is 48.2 Å². The molecule has 2 atom stereocenters. The first kappa shape index (κ1) is 18.0. The van der Waals surface area contributed by atoms with E-state index in [1.165, 1.54) is 12.0 Å². The summed E-state index contributed by atoms with van der Waals surface area (Å²) >= 11 is 0. The lowest BCUT2D eigenvalue weighted by Crippen LogP contribution is -2.44. The number of carboxylic acids is 1. The molecule has 2 aliphatic rings. The van der Waals surface area contributed by atoms with Gasteiger partial charge in [-0.05, 0) is 42.4 Å². The largest absolute Gasteiger partial charge is 0.477 e. The molecule has 0 bridgehead atoms. The van der Waals surface area contributed by atoms with Crippen LogP contribution in [0.5, 0.6) is 0 Å². The van der Waals surface area contributed by atoms with E-state index in [9.17, 15) is 4.79 Å². The second-order valence-corrected chi connectivity index (χ2v) is 8.22. The number of anilines is 1. The van der Waals surface area contributed by atoms with E-state index in [2.05, 4.69) is 52.5 Å². The van der Waals surface area contributed by atoms with Crippen LogP contribution in [0.2, 0.25) is 0 Å². The van der Waals surface area contributed by atoms with Gasteiger partial charge in [0.2, 0.25) is 0 Å². The molecule has 0 unspecified atom stereocenters. The number of benzene rings is 1. The van der Waals surface area contributed by atoms with E-state index >= 15 is 0 Å². The Morgan fingerprint density at radius 3 is 2.63 bits per heavy atom. The maximum absolute atomic E-state index is 11.1. The Bertz CT molecular complexity index is 800. The first-order valence-electron chi connectivity index (χ1n) is 9.78. The number of pyridine rings is 1. The van der Waals surface area contributed by atoms with E-state index in [1.807, 2.05) is 6.07 Å². The monoisotopic (exact) mass is 365 g/mol. The van der Waals surface area contributed by atoms with Crippen LogP contribution in [-0.4, -0.2) is 41.7 Å². The van der Waals surface area contributed by atoms with Crippen molar-refractivity contribution in [2.45, 2.75) is 38.1 Å². The Balaban J connectivity index is 1.28. The summed E-state index contributed by atoms with van der Waals surface area (Å²) in [7, 11) is 0. The molecule has 142 valence electrons. The Hall–Kier alpha value is -2.40. The van der Waals surface area contributed by atoms with Crippen LogP contribution in [-0.2, 0) is 0 Å². The average molecular weight is 365 g/mol. The fourth-order valence-electron chi connectivity index (χ4n) is 4.04. The lowest BCUT2D eigenvalue weighted by Gasteiger charge is -2.40. The maximum atomic E-state index is 11.1. The SMILES string of the molecule is CC1(CN[C@@H]2C[C@H]2c2ccccc2)CCN(c2cccc(C(=O)O)n2)CC1. The molecule has 2 N–H and O–H groups in total. The summed E-state index contributed by atoms with van der Waals surface area (Å²) in [6.45, 7) is 5.23. The number of carboxylic acid groups (broad SMARTS) is 1. The minimum absolute atomic E-state index is 0.114. The molecule has 1 aromatic carbocycles. The van der Waals surface area contributed by atoms with E-state index in [4.69, 9.17) is 5.11 Å². The summed E-state index contributed by atoms with van der Waals surface area (Å²) < 4.78 is 0. The van der Waals surface area contributed by atoms with Gasteiger partial charge in [-0.1, -0.05) is 43.3 Å². The molecule has 2 fully saturated rings. The quantitative estimate of drug-likeness (QED) is 0.820. The molecule has 0 radical (unpaired) electrons. The van der Waals surface area contributed by atoms with Gasteiger partial charge in [0.1, 0.15) is 5.82 Å². The third-order valence-electron chi connectivity index (χ3n) is 6.06. The second kappa shape index (κ2) is 7.31. The minimum atomic E-state index is -0.972. The molecule has 1 saturated carbocycles. The number of aromatic carboxylic acids is 1. The zero-order valence-corrected chi connectivity index (χ0v) is 15.8. The van der Waals surface area contributed by atoms with E-state index in [-0.39, 0.29) is 11.1 Å². The van der Waals surface area contributed by atoms with E-state index in [0.29, 0.717) is 12.0 Å². The standard InChI is InChI=1S/C22H27N3O2/c1-22(15-23-19-14-17(19)16-6-3-2-4-7-16)10-12-25(13-11-22)20-9-5-8-18(24-20)21(26)27/h2-9,17,19,23H,10-15H2,1H3,(H,26,27)/t17-,19+/m0/s1. The average Bonchev–Trinajstić information content (AvgIpc) is 3.48. The molecule has 2 heterocycles. The van der Waals surface area contributed by atoms with Crippen LogP contribution < -0.4 is 10.2 Å². The van der Waals surface area contributed by atoms with Gasteiger partial charge in [0.05, 0.1) is 0 Å². The van der Waals surface area contributed by atoms with Gasteiger partial charge < -0.3 is 15.3 Å². The van der Waals surface area contributed by atoms with Crippen molar-refractivity contribution in [2.75, 3.05) is 24.5 Å². The van der Waals surface area contributed by atoms with Crippen molar-refractivity contribution >= 4 is 11.8 Å². The summed E-state index contributed by atoms with van der Waals surface area (Å²) in [5.74, 6) is 0.467. The van der Waals surface area contributed by atoms with Crippen LogP contribution in [0.25, 0.3) is 0 Å².